The zero-order valence-corrected chi connectivity index (χ0v) is 27.9. The van der Waals surface area contributed by atoms with Gasteiger partial charge in [0.05, 0.1) is 11.0 Å². The van der Waals surface area contributed by atoms with Crippen LogP contribution in [0.4, 0.5) is 9.18 Å². The summed E-state index contributed by atoms with van der Waals surface area (Å²) in [5.41, 5.74) is 0.391. The Morgan fingerprint density at radius 2 is 1.71 bits per heavy atom. The third-order valence-corrected chi connectivity index (χ3v) is 9.81. The monoisotopic (exact) mass is 646 g/mol. The molecule has 0 bridgehead atoms. The fourth-order valence-electron chi connectivity index (χ4n) is 6.48. The molecule has 2 amide bonds. The van der Waals surface area contributed by atoms with Crippen LogP contribution in [0.1, 0.15) is 79.2 Å². The van der Waals surface area contributed by atoms with Gasteiger partial charge in [-0.3, -0.25) is 4.79 Å². The van der Waals surface area contributed by atoms with Crippen molar-refractivity contribution in [3.63, 3.8) is 0 Å². The summed E-state index contributed by atoms with van der Waals surface area (Å²) >= 11 is 0. The van der Waals surface area contributed by atoms with Crippen LogP contribution in [0.5, 0.6) is 5.75 Å². The minimum Gasteiger partial charge on any atom is -0.491 e. The minimum atomic E-state index is -4.14. The van der Waals surface area contributed by atoms with Gasteiger partial charge in [-0.15, -0.1) is 0 Å². The van der Waals surface area contributed by atoms with Crippen molar-refractivity contribution < 1.29 is 31.9 Å². The zero-order chi connectivity index (χ0) is 33.0. The van der Waals surface area contributed by atoms with Crippen molar-refractivity contribution in [2.45, 2.75) is 120 Å². The summed E-state index contributed by atoms with van der Waals surface area (Å²) in [6.07, 6.45) is 1.07. The molecule has 248 valence electrons. The van der Waals surface area contributed by atoms with Crippen LogP contribution in [0.25, 0.3) is 0 Å². The number of sulfonamides is 1. The Labute approximate surface area is 266 Å². The summed E-state index contributed by atoms with van der Waals surface area (Å²) < 4.78 is 53.2. The highest BCUT2D eigenvalue weighted by molar-refractivity contribution is 7.89. The molecule has 2 heterocycles. The number of halogens is 1. The van der Waals surface area contributed by atoms with Gasteiger partial charge in [-0.2, -0.15) is 4.31 Å². The number of carbonyl (C=O) groups is 2. The fourth-order valence-corrected chi connectivity index (χ4v) is 8.09. The molecule has 2 saturated heterocycles. The lowest BCUT2D eigenvalue weighted by Gasteiger charge is -2.46. The second kappa shape index (κ2) is 14.0. The molecule has 4 rings (SSSR count). The quantitative estimate of drug-likeness (QED) is 0.336. The number of nitrogens with zero attached hydrogens (tertiary/aromatic N) is 1. The van der Waals surface area contributed by atoms with E-state index in [1.165, 1.54) is 18.2 Å². The van der Waals surface area contributed by atoms with Gasteiger partial charge >= 0.3 is 6.09 Å². The largest absolute Gasteiger partial charge is 0.491 e. The van der Waals surface area contributed by atoms with Gasteiger partial charge < -0.3 is 25.4 Å². The molecule has 12 heteroatoms. The molecule has 3 N–H and O–H groups in total. The van der Waals surface area contributed by atoms with Gasteiger partial charge in [0.25, 0.3) is 0 Å². The Bertz CT molecular complexity index is 1430. The molecule has 2 aromatic rings. The van der Waals surface area contributed by atoms with Crippen molar-refractivity contribution in [1.29, 1.82) is 0 Å². The molecule has 0 spiro atoms. The maximum Gasteiger partial charge on any atom is 0.409 e. The van der Waals surface area contributed by atoms with Crippen LogP contribution >= 0.6 is 0 Å². The molecule has 0 aromatic heterocycles. The van der Waals surface area contributed by atoms with E-state index >= 15 is 0 Å². The lowest BCUT2D eigenvalue weighted by atomic mass is 9.79. The van der Waals surface area contributed by atoms with Gasteiger partial charge in [0, 0.05) is 30.1 Å². The van der Waals surface area contributed by atoms with Crippen LogP contribution in [0, 0.1) is 5.82 Å². The highest BCUT2D eigenvalue weighted by Crippen LogP contribution is 2.29. The predicted octanol–water partition coefficient (Wildman–Crippen LogP) is 4.88. The van der Waals surface area contributed by atoms with Crippen molar-refractivity contribution >= 4 is 22.0 Å². The third kappa shape index (κ3) is 9.64. The first-order valence-electron chi connectivity index (χ1n) is 15.6. The van der Waals surface area contributed by atoms with Crippen LogP contribution < -0.4 is 20.7 Å². The number of rotatable bonds is 10. The summed E-state index contributed by atoms with van der Waals surface area (Å²) in [5.74, 6) is -0.347. The molecule has 45 heavy (non-hydrogen) atoms. The zero-order valence-electron chi connectivity index (χ0n) is 27.1. The predicted molar refractivity (Wildman–Crippen MR) is 170 cm³/mol. The molecule has 2 aliphatic heterocycles. The fraction of sp³-hybridized carbons (Fsp3) is 0.576. The van der Waals surface area contributed by atoms with E-state index in [2.05, 4.69) is 43.6 Å². The molecule has 2 fully saturated rings. The Kier molecular flexibility index (Phi) is 10.8. The van der Waals surface area contributed by atoms with E-state index in [4.69, 9.17) is 9.47 Å². The average Bonchev–Trinajstić information content (AvgIpc) is 2.92. The number of ether oxygens (including phenoxy) is 2. The smallest absolute Gasteiger partial charge is 0.409 e. The van der Waals surface area contributed by atoms with Crippen molar-refractivity contribution in [1.82, 2.24) is 20.3 Å². The van der Waals surface area contributed by atoms with Gasteiger partial charge in [0.1, 0.15) is 17.6 Å². The van der Waals surface area contributed by atoms with Gasteiger partial charge in [-0.1, -0.05) is 18.2 Å². The molecule has 0 unspecified atom stereocenters. The second-order valence-corrected chi connectivity index (χ2v) is 15.5. The molecule has 0 aliphatic carbocycles. The number of hydrogen-bond acceptors (Lipinski definition) is 7. The standard InChI is InChI=1S/C33H47FN4O6S/c1-22(2)43-26-15-13-23(14-16-26)18-28(30(39)35-25-20-32(3,4)37-33(5,6)21-25)36-31(40)44-29-12-7-8-17-38(29)45(41,42)27-11-9-10-24(34)19-27/h9-11,13-16,19,22,25,28-29,37H,7-8,12,17-18,20-21H2,1-6H3,(H,35,39)(H,36,40)/t28-,29-/m0/s1. The summed E-state index contributed by atoms with van der Waals surface area (Å²) in [6.45, 7) is 12.4. The van der Waals surface area contributed by atoms with Crippen molar-refractivity contribution in [2.24, 2.45) is 0 Å². The van der Waals surface area contributed by atoms with E-state index in [0.717, 1.165) is 15.9 Å². The summed E-state index contributed by atoms with van der Waals surface area (Å²) in [6, 6.07) is 10.9. The van der Waals surface area contributed by atoms with E-state index in [1.54, 1.807) is 0 Å². The lowest BCUT2D eigenvalue weighted by Crippen LogP contribution is -2.63. The molecule has 10 nitrogen and oxygen atoms in total. The number of amides is 2. The first-order chi connectivity index (χ1) is 21.0. The van der Waals surface area contributed by atoms with Gasteiger partial charge in [-0.05, 0) is 110 Å². The minimum absolute atomic E-state index is 0.00776. The Balaban J connectivity index is 1.51. The highest BCUT2D eigenvalue weighted by atomic mass is 32.2. The molecular formula is C33H47FN4O6S. The van der Waals surface area contributed by atoms with E-state index in [-0.39, 0.29) is 53.4 Å². The van der Waals surface area contributed by atoms with E-state index in [1.807, 2.05) is 38.1 Å². The van der Waals surface area contributed by atoms with Crippen molar-refractivity contribution in [3.8, 4) is 5.75 Å². The first kappa shape index (κ1) is 34.6. The second-order valence-electron chi connectivity index (χ2n) is 13.6. The lowest BCUT2D eigenvalue weighted by molar-refractivity contribution is -0.124. The highest BCUT2D eigenvalue weighted by Gasteiger charge is 2.40. The van der Waals surface area contributed by atoms with Crippen molar-refractivity contribution in [2.75, 3.05) is 6.54 Å². The van der Waals surface area contributed by atoms with Gasteiger partial charge in [0.15, 0.2) is 6.23 Å². The number of hydrogen-bond donors (Lipinski definition) is 3. The van der Waals surface area contributed by atoms with E-state index < -0.39 is 34.2 Å². The van der Waals surface area contributed by atoms with Crippen LogP contribution in [0.15, 0.2) is 53.4 Å². The van der Waals surface area contributed by atoms with Gasteiger partial charge in [0.2, 0.25) is 15.9 Å². The topological polar surface area (TPSA) is 126 Å². The number of nitrogens with one attached hydrogen (secondary N) is 3. The Hall–Kier alpha value is -3.22. The van der Waals surface area contributed by atoms with Gasteiger partial charge in [-0.25, -0.2) is 17.6 Å². The van der Waals surface area contributed by atoms with E-state index in [0.29, 0.717) is 31.4 Å². The molecular weight excluding hydrogens is 599 g/mol. The summed E-state index contributed by atoms with van der Waals surface area (Å²) in [4.78, 5) is 26.9. The molecule has 0 radical (unpaired) electrons. The van der Waals surface area contributed by atoms with Crippen LogP contribution in [0.3, 0.4) is 0 Å². The van der Waals surface area contributed by atoms with Crippen LogP contribution in [-0.2, 0) is 26.0 Å². The molecule has 2 atom stereocenters. The van der Waals surface area contributed by atoms with E-state index in [9.17, 15) is 22.4 Å². The Morgan fingerprint density at radius 3 is 2.33 bits per heavy atom. The van der Waals surface area contributed by atoms with Crippen molar-refractivity contribution in [3.05, 3.63) is 59.9 Å². The summed E-state index contributed by atoms with van der Waals surface area (Å²) in [5, 5.41) is 9.46. The van der Waals surface area contributed by atoms with Crippen LogP contribution in [0.2, 0.25) is 0 Å². The molecule has 2 aliphatic rings. The average molecular weight is 647 g/mol. The third-order valence-electron chi connectivity index (χ3n) is 7.93. The number of piperidine rings is 2. The summed E-state index contributed by atoms with van der Waals surface area (Å²) in [7, 11) is -4.14. The van der Waals surface area contributed by atoms with Crippen LogP contribution in [-0.4, -0.2) is 66.8 Å². The number of carbonyl (C=O) groups excluding carboxylic acids is 2. The number of alkyl carbamates (subject to hydrolysis) is 1. The normalized spacial score (nSPS) is 21.1. The first-order valence-corrected chi connectivity index (χ1v) is 17.1. The molecule has 2 aromatic carbocycles. The molecule has 0 saturated carbocycles. The Morgan fingerprint density at radius 1 is 1.04 bits per heavy atom. The SMILES string of the molecule is CC(C)Oc1ccc(C[C@H](NC(=O)O[C@H]2CCCCN2S(=O)(=O)c2cccc(F)c2)C(=O)NC2CC(C)(C)NC(C)(C)C2)cc1. The number of benzene rings is 2. The maximum absolute atomic E-state index is 13.9. The maximum atomic E-state index is 13.9.